The molecule has 0 saturated heterocycles. The molecule has 0 spiro atoms. The van der Waals surface area contributed by atoms with E-state index in [2.05, 4.69) is 25.6 Å². The Morgan fingerprint density at radius 2 is 1.89 bits per heavy atom. The molecule has 2 aromatic heterocycles. The van der Waals surface area contributed by atoms with Crippen molar-refractivity contribution < 1.29 is 9.15 Å². The molecule has 0 aliphatic heterocycles. The Labute approximate surface area is 175 Å². The van der Waals surface area contributed by atoms with E-state index in [1.54, 1.807) is 26.6 Å². The first kappa shape index (κ1) is 20.7. The number of pyridine rings is 1. The third-order valence-corrected chi connectivity index (χ3v) is 3.72. The number of aromatic nitrogens is 2. The lowest BCUT2D eigenvalue weighted by Crippen LogP contribution is -2.36. The molecule has 3 aromatic rings. The van der Waals surface area contributed by atoms with Crippen LogP contribution in [0.2, 0.25) is 0 Å². The fourth-order valence-electron chi connectivity index (χ4n) is 2.42. The maximum Gasteiger partial charge on any atom is 0.226 e. The van der Waals surface area contributed by atoms with E-state index in [9.17, 15) is 0 Å². The second-order valence-electron chi connectivity index (χ2n) is 5.46. The van der Waals surface area contributed by atoms with Gasteiger partial charge < -0.3 is 19.8 Å². The van der Waals surface area contributed by atoms with E-state index in [1.807, 2.05) is 42.5 Å². The smallest absolute Gasteiger partial charge is 0.226 e. The zero-order chi connectivity index (χ0) is 18.2. The Balaban J connectivity index is 0.00000261. The number of methoxy groups -OCH3 is 1. The molecule has 142 valence electrons. The van der Waals surface area contributed by atoms with Crippen molar-refractivity contribution in [2.45, 2.75) is 13.1 Å². The van der Waals surface area contributed by atoms with Crippen molar-refractivity contribution in [3.05, 3.63) is 66.2 Å². The molecule has 0 unspecified atom stereocenters. The summed E-state index contributed by atoms with van der Waals surface area (Å²) in [7, 11) is 3.32. The molecule has 3 rings (SSSR count). The van der Waals surface area contributed by atoms with Gasteiger partial charge in [0.1, 0.15) is 6.26 Å². The highest BCUT2D eigenvalue weighted by Crippen LogP contribution is 2.17. The molecular formula is C19H22IN5O2. The van der Waals surface area contributed by atoms with E-state index in [1.165, 1.54) is 0 Å². The fourth-order valence-corrected chi connectivity index (χ4v) is 2.42. The van der Waals surface area contributed by atoms with Crippen LogP contribution < -0.4 is 15.4 Å². The largest absolute Gasteiger partial charge is 0.481 e. The summed E-state index contributed by atoms with van der Waals surface area (Å²) >= 11 is 0. The highest BCUT2D eigenvalue weighted by atomic mass is 127. The molecule has 7 nitrogen and oxygen atoms in total. The molecule has 0 aliphatic rings. The molecule has 0 bridgehead atoms. The average molecular weight is 479 g/mol. The topological polar surface area (TPSA) is 84.6 Å². The summed E-state index contributed by atoms with van der Waals surface area (Å²) < 4.78 is 10.8. The van der Waals surface area contributed by atoms with Crippen LogP contribution in [0.25, 0.3) is 11.5 Å². The van der Waals surface area contributed by atoms with Crippen molar-refractivity contribution >= 4 is 29.9 Å². The van der Waals surface area contributed by atoms with Crippen molar-refractivity contribution in [3.8, 4) is 17.3 Å². The molecule has 1 aromatic carbocycles. The Morgan fingerprint density at radius 3 is 2.63 bits per heavy atom. The zero-order valence-corrected chi connectivity index (χ0v) is 17.5. The van der Waals surface area contributed by atoms with Crippen molar-refractivity contribution in [3.63, 3.8) is 0 Å². The normalized spacial score (nSPS) is 10.8. The molecule has 2 heterocycles. The number of benzene rings is 1. The van der Waals surface area contributed by atoms with Crippen LogP contribution in [0.15, 0.2) is 64.3 Å². The summed E-state index contributed by atoms with van der Waals surface area (Å²) in [5.74, 6) is 1.85. The first-order valence-electron chi connectivity index (χ1n) is 8.22. The van der Waals surface area contributed by atoms with Crippen LogP contribution in [-0.4, -0.2) is 30.1 Å². The highest BCUT2D eigenvalue weighted by Gasteiger charge is 2.08. The van der Waals surface area contributed by atoms with Gasteiger partial charge in [0, 0.05) is 30.9 Å². The predicted molar refractivity (Wildman–Crippen MR) is 115 cm³/mol. The third kappa shape index (κ3) is 5.68. The minimum absolute atomic E-state index is 0. The van der Waals surface area contributed by atoms with Gasteiger partial charge in [-0.1, -0.05) is 24.3 Å². The average Bonchev–Trinajstić information content (AvgIpc) is 3.18. The van der Waals surface area contributed by atoms with Crippen LogP contribution in [0.5, 0.6) is 5.88 Å². The number of aliphatic imine (C=N–C) groups is 1. The summed E-state index contributed by atoms with van der Waals surface area (Å²) in [6.07, 6.45) is 3.34. The molecule has 0 saturated carbocycles. The molecule has 2 N–H and O–H groups in total. The molecule has 0 amide bonds. The standard InChI is InChI=1S/C19H21N5O2.HI/c1-20-19(22-11-15-9-6-10-21-17(15)25-2)23-12-16-13-26-18(24-16)14-7-4-3-5-8-14;/h3-10,13H,11-12H2,1-2H3,(H2,20,22,23);1H. The lowest BCUT2D eigenvalue weighted by Gasteiger charge is -2.12. The number of guanidine groups is 1. The number of nitrogens with one attached hydrogen (secondary N) is 2. The van der Waals surface area contributed by atoms with E-state index in [0.717, 1.165) is 16.8 Å². The molecule has 0 fully saturated rings. The van der Waals surface area contributed by atoms with Gasteiger partial charge in [-0.2, -0.15) is 0 Å². The number of halogens is 1. The number of rotatable bonds is 6. The molecule has 8 heteroatoms. The maximum absolute atomic E-state index is 5.54. The van der Waals surface area contributed by atoms with Gasteiger partial charge in [-0.15, -0.1) is 24.0 Å². The lowest BCUT2D eigenvalue weighted by atomic mass is 10.2. The number of hydrogen-bond donors (Lipinski definition) is 2. The Morgan fingerprint density at radius 1 is 1.11 bits per heavy atom. The Kier molecular flexibility index (Phi) is 8.05. The monoisotopic (exact) mass is 479 g/mol. The third-order valence-electron chi connectivity index (χ3n) is 3.72. The number of hydrogen-bond acceptors (Lipinski definition) is 5. The highest BCUT2D eigenvalue weighted by molar-refractivity contribution is 14.0. The Hall–Kier alpha value is -2.62. The lowest BCUT2D eigenvalue weighted by molar-refractivity contribution is 0.392. The molecular weight excluding hydrogens is 457 g/mol. The second-order valence-corrected chi connectivity index (χ2v) is 5.46. The molecule has 0 radical (unpaired) electrons. The zero-order valence-electron chi connectivity index (χ0n) is 15.2. The first-order chi connectivity index (χ1) is 12.8. The fraction of sp³-hybridized carbons (Fsp3) is 0.211. The van der Waals surface area contributed by atoms with Crippen molar-refractivity contribution in [1.82, 2.24) is 20.6 Å². The van der Waals surface area contributed by atoms with E-state index in [-0.39, 0.29) is 24.0 Å². The van der Waals surface area contributed by atoms with Crippen molar-refractivity contribution in [1.29, 1.82) is 0 Å². The van der Waals surface area contributed by atoms with E-state index in [4.69, 9.17) is 9.15 Å². The summed E-state index contributed by atoms with van der Waals surface area (Å²) in [6.45, 7) is 1.05. The van der Waals surface area contributed by atoms with Gasteiger partial charge in [0.2, 0.25) is 11.8 Å². The SMILES string of the molecule is CN=C(NCc1coc(-c2ccccc2)n1)NCc1cccnc1OC.I. The first-order valence-corrected chi connectivity index (χ1v) is 8.22. The van der Waals surface area contributed by atoms with Crippen LogP contribution in [0.4, 0.5) is 0 Å². The quantitative estimate of drug-likeness (QED) is 0.321. The van der Waals surface area contributed by atoms with E-state index < -0.39 is 0 Å². The summed E-state index contributed by atoms with van der Waals surface area (Å²) in [5, 5.41) is 6.44. The van der Waals surface area contributed by atoms with Crippen molar-refractivity contribution in [2.24, 2.45) is 4.99 Å². The van der Waals surface area contributed by atoms with Crippen LogP contribution in [0.3, 0.4) is 0 Å². The number of nitrogens with zero attached hydrogens (tertiary/aromatic N) is 3. The van der Waals surface area contributed by atoms with Crippen LogP contribution >= 0.6 is 24.0 Å². The van der Waals surface area contributed by atoms with Gasteiger partial charge in [-0.05, 0) is 18.2 Å². The van der Waals surface area contributed by atoms with Gasteiger partial charge in [0.05, 0.1) is 19.3 Å². The minimum Gasteiger partial charge on any atom is -0.481 e. The molecule has 0 atom stereocenters. The van der Waals surface area contributed by atoms with Gasteiger partial charge >= 0.3 is 0 Å². The van der Waals surface area contributed by atoms with Gasteiger partial charge in [-0.3, -0.25) is 4.99 Å². The second kappa shape index (κ2) is 10.5. The molecule has 0 aliphatic carbocycles. The van der Waals surface area contributed by atoms with Gasteiger partial charge in [0.15, 0.2) is 5.96 Å². The van der Waals surface area contributed by atoms with Gasteiger partial charge in [0.25, 0.3) is 0 Å². The van der Waals surface area contributed by atoms with Crippen molar-refractivity contribution in [2.75, 3.05) is 14.2 Å². The van der Waals surface area contributed by atoms with Crippen LogP contribution in [0.1, 0.15) is 11.3 Å². The number of ether oxygens (including phenoxy) is 1. The minimum atomic E-state index is 0. The summed E-state index contributed by atoms with van der Waals surface area (Å²) in [6, 6.07) is 13.6. The number of oxazole rings is 1. The molecule has 27 heavy (non-hydrogen) atoms. The van der Waals surface area contributed by atoms with Crippen LogP contribution in [0, 0.1) is 0 Å². The van der Waals surface area contributed by atoms with Crippen LogP contribution in [-0.2, 0) is 13.1 Å². The maximum atomic E-state index is 5.54. The summed E-state index contributed by atoms with van der Waals surface area (Å²) in [4.78, 5) is 12.9. The summed E-state index contributed by atoms with van der Waals surface area (Å²) in [5.41, 5.74) is 2.70. The Bertz CT molecular complexity index is 867. The van der Waals surface area contributed by atoms with E-state index >= 15 is 0 Å². The van der Waals surface area contributed by atoms with Gasteiger partial charge in [-0.25, -0.2) is 9.97 Å². The predicted octanol–water partition coefficient (Wildman–Crippen LogP) is 3.23. The van der Waals surface area contributed by atoms with E-state index in [0.29, 0.717) is 30.8 Å².